The second kappa shape index (κ2) is 5.09. The number of hydrogen-bond donors (Lipinski definition) is 1. The van der Waals surface area contributed by atoms with Crippen LogP contribution in [0.3, 0.4) is 0 Å². The van der Waals surface area contributed by atoms with Crippen LogP contribution in [0.5, 0.6) is 5.75 Å². The van der Waals surface area contributed by atoms with Crippen LogP contribution in [0.15, 0.2) is 18.2 Å². The van der Waals surface area contributed by atoms with Crippen molar-refractivity contribution in [3.63, 3.8) is 0 Å². The molecule has 0 radical (unpaired) electrons. The summed E-state index contributed by atoms with van der Waals surface area (Å²) in [5.74, 6) is 0.948. The first kappa shape index (κ1) is 12.4. The van der Waals surface area contributed by atoms with E-state index in [9.17, 15) is 0 Å². The summed E-state index contributed by atoms with van der Waals surface area (Å²) in [4.78, 5) is 0. The van der Waals surface area contributed by atoms with E-state index in [1.54, 1.807) is 7.11 Å². The Bertz CT molecular complexity index is 379. The number of hydrogen-bond acceptors (Lipinski definition) is 2. The lowest BCUT2D eigenvalue weighted by Crippen LogP contribution is -2.39. The van der Waals surface area contributed by atoms with Crippen LogP contribution in [0.2, 0.25) is 0 Å². The molecular formula is C15H23NO. The van der Waals surface area contributed by atoms with Crippen LogP contribution in [-0.4, -0.2) is 13.7 Å². The highest BCUT2D eigenvalue weighted by Crippen LogP contribution is 2.32. The molecule has 1 heterocycles. The normalized spacial score (nSPS) is 25.4. The van der Waals surface area contributed by atoms with Gasteiger partial charge >= 0.3 is 0 Å². The molecular weight excluding hydrogens is 210 g/mol. The fraction of sp³-hybridized carbons (Fsp3) is 0.600. The van der Waals surface area contributed by atoms with Crippen LogP contribution in [0.1, 0.15) is 43.7 Å². The summed E-state index contributed by atoms with van der Waals surface area (Å²) in [7, 11) is 1.72. The molecule has 2 rings (SSSR count). The zero-order valence-electron chi connectivity index (χ0n) is 11.2. The molecule has 2 heteroatoms. The van der Waals surface area contributed by atoms with Gasteiger partial charge in [0.15, 0.2) is 0 Å². The van der Waals surface area contributed by atoms with Gasteiger partial charge < -0.3 is 10.1 Å². The van der Waals surface area contributed by atoms with Gasteiger partial charge in [0.05, 0.1) is 7.11 Å². The summed E-state index contributed by atoms with van der Waals surface area (Å²) in [5, 5.41) is 3.71. The number of aryl methyl sites for hydroxylation is 1. The molecule has 1 saturated heterocycles. The van der Waals surface area contributed by atoms with E-state index < -0.39 is 0 Å². The van der Waals surface area contributed by atoms with Crippen LogP contribution in [0, 0.1) is 6.92 Å². The molecule has 0 aromatic heterocycles. The molecule has 0 spiro atoms. The van der Waals surface area contributed by atoms with E-state index >= 15 is 0 Å². The molecule has 94 valence electrons. The molecule has 1 atom stereocenters. The third kappa shape index (κ3) is 2.63. The van der Waals surface area contributed by atoms with Crippen molar-refractivity contribution >= 4 is 0 Å². The molecule has 2 nitrogen and oxygen atoms in total. The fourth-order valence-electron chi connectivity index (χ4n) is 2.85. The molecule has 17 heavy (non-hydrogen) atoms. The minimum atomic E-state index is 0.132. The Morgan fingerprint density at radius 2 is 2.06 bits per heavy atom. The molecule has 1 aliphatic heterocycles. The minimum absolute atomic E-state index is 0.132. The first-order chi connectivity index (χ1) is 8.15. The smallest absolute Gasteiger partial charge is 0.119 e. The molecule has 0 bridgehead atoms. The maximum Gasteiger partial charge on any atom is 0.119 e. The summed E-state index contributed by atoms with van der Waals surface area (Å²) >= 11 is 0. The van der Waals surface area contributed by atoms with Crippen molar-refractivity contribution in [3.05, 3.63) is 29.3 Å². The van der Waals surface area contributed by atoms with Gasteiger partial charge in [-0.2, -0.15) is 0 Å². The Labute approximate surface area is 104 Å². The SMILES string of the molecule is COc1ccc(C2(C)CCCCCN2)c(C)c1. The van der Waals surface area contributed by atoms with Crippen LogP contribution in [0.4, 0.5) is 0 Å². The van der Waals surface area contributed by atoms with Gasteiger partial charge in [0.1, 0.15) is 5.75 Å². The second-order valence-corrected chi connectivity index (χ2v) is 5.25. The van der Waals surface area contributed by atoms with Crippen LogP contribution < -0.4 is 10.1 Å². The van der Waals surface area contributed by atoms with E-state index in [1.807, 2.05) is 0 Å². The monoisotopic (exact) mass is 233 g/mol. The summed E-state index contributed by atoms with van der Waals surface area (Å²) < 4.78 is 5.27. The summed E-state index contributed by atoms with van der Waals surface area (Å²) in [5.41, 5.74) is 2.87. The van der Waals surface area contributed by atoms with Gasteiger partial charge in [-0.15, -0.1) is 0 Å². The van der Waals surface area contributed by atoms with Gasteiger partial charge in [0.2, 0.25) is 0 Å². The largest absolute Gasteiger partial charge is 0.497 e. The quantitative estimate of drug-likeness (QED) is 0.845. The molecule has 1 aliphatic rings. The number of rotatable bonds is 2. The zero-order valence-corrected chi connectivity index (χ0v) is 11.2. The van der Waals surface area contributed by atoms with E-state index in [1.165, 1.54) is 36.8 Å². The van der Waals surface area contributed by atoms with E-state index in [4.69, 9.17) is 4.74 Å². The Morgan fingerprint density at radius 1 is 1.24 bits per heavy atom. The maximum absolute atomic E-state index is 5.27. The van der Waals surface area contributed by atoms with Gasteiger partial charge in [-0.1, -0.05) is 18.9 Å². The van der Waals surface area contributed by atoms with Crippen molar-refractivity contribution in [2.45, 2.75) is 45.1 Å². The van der Waals surface area contributed by atoms with Crippen molar-refractivity contribution < 1.29 is 4.74 Å². The maximum atomic E-state index is 5.27. The number of ether oxygens (including phenoxy) is 1. The highest BCUT2D eigenvalue weighted by atomic mass is 16.5. The van der Waals surface area contributed by atoms with Crippen molar-refractivity contribution in [3.8, 4) is 5.75 Å². The third-order valence-electron chi connectivity index (χ3n) is 3.90. The fourth-order valence-corrected chi connectivity index (χ4v) is 2.85. The predicted octanol–water partition coefficient (Wildman–Crippen LogP) is 3.38. The molecule has 0 saturated carbocycles. The standard InChI is InChI=1S/C15H23NO/c1-12-11-13(17-3)7-8-14(12)15(2)9-5-4-6-10-16-15/h7-8,11,16H,4-6,9-10H2,1-3H3. The first-order valence-electron chi connectivity index (χ1n) is 6.56. The molecule has 1 aromatic rings. The Morgan fingerprint density at radius 3 is 2.76 bits per heavy atom. The van der Waals surface area contributed by atoms with E-state index in [-0.39, 0.29) is 5.54 Å². The highest BCUT2D eigenvalue weighted by molar-refractivity contribution is 5.39. The summed E-state index contributed by atoms with van der Waals surface area (Å²) in [6.45, 7) is 5.63. The van der Waals surface area contributed by atoms with Gasteiger partial charge in [-0.05, 0) is 56.5 Å². The number of benzene rings is 1. The molecule has 0 aliphatic carbocycles. The van der Waals surface area contributed by atoms with Crippen molar-refractivity contribution in [2.75, 3.05) is 13.7 Å². The lowest BCUT2D eigenvalue weighted by Gasteiger charge is -2.31. The summed E-state index contributed by atoms with van der Waals surface area (Å²) in [6, 6.07) is 6.42. The Balaban J connectivity index is 2.31. The van der Waals surface area contributed by atoms with Crippen molar-refractivity contribution in [2.24, 2.45) is 0 Å². The molecule has 1 unspecified atom stereocenters. The third-order valence-corrected chi connectivity index (χ3v) is 3.90. The Hall–Kier alpha value is -1.02. The van der Waals surface area contributed by atoms with Crippen LogP contribution >= 0.6 is 0 Å². The topological polar surface area (TPSA) is 21.3 Å². The number of methoxy groups -OCH3 is 1. The van der Waals surface area contributed by atoms with Crippen molar-refractivity contribution in [1.82, 2.24) is 5.32 Å². The average molecular weight is 233 g/mol. The molecule has 1 aromatic carbocycles. The average Bonchev–Trinajstić information content (AvgIpc) is 2.54. The minimum Gasteiger partial charge on any atom is -0.497 e. The van der Waals surface area contributed by atoms with Crippen LogP contribution in [-0.2, 0) is 5.54 Å². The predicted molar refractivity (Wildman–Crippen MR) is 71.6 cm³/mol. The lowest BCUT2D eigenvalue weighted by atomic mass is 9.85. The van der Waals surface area contributed by atoms with Crippen molar-refractivity contribution in [1.29, 1.82) is 0 Å². The molecule has 1 N–H and O–H groups in total. The zero-order chi connectivity index (χ0) is 12.3. The van der Waals surface area contributed by atoms with E-state index in [0.29, 0.717) is 0 Å². The second-order valence-electron chi connectivity index (χ2n) is 5.25. The van der Waals surface area contributed by atoms with Gasteiger partial charge in [-0.3, -0.25) is 0 Å². The van der Waals surface area contributed by atoms with E-state index in [2.05, 4.69) is 37.4 Å². The summed E-state index contributed by atoms with van der Waals surface area (Å²) in [6.07, 6.45) is 5.18. The van der Waals surface area contributed by atoms with Crippen LogP contribution in [0.25, 0.3) is 0 Å². The molecule has 0 amide bonds. The highest BCUT2D eigenvalue weighted by Gasteiger charge is 2.28. The Kier molecular flexibility index (Phi) is 3.72. The van der Waals surface area contributed by atoms with Gasteiger partial charge in [-0.25, -0.2) is 0 Å². The lowest BCUT2D eigenvalue weighted by molar-refractivity contribution is 0.356. The number of nitrogens with one attached hydrogen (secondary N) is 1. The first-order valence-corrected chi connectivity index (χ1v) is 6.56. The van der Waals surface area contributed by atoms with Gasteiger partial charge in [0.25, 0.3) is 0 Å². The molecule has 1 fully saturated rings. The van der Waals surface area contributed by atoms with E-state index in [0.717, 1.165) is 12.3 Å². The van der Waals surface area contributed by atoms with Gasteiger partial charge in [0, 0.05) is 5.54 Å².